The van der Waals surface area contributed by atoms with Crippen molar-refractivity contribution in [2.45, 2.75) is 6.92 Å². The van der Waals surface area contributed by atoms with Gasteiger partial charge in [0.25, 0.3) is 0 Å². The molecule has 0 atom stereocenters. The maximum Gasteiger partial charge on any atom is 0.119 e. The number of methoxy groups -OCH3 is 1. The van der Waals surface area contributed by atoms with Crippen LogP contribution in [0.3, 0.4) is 0 Å². The monoisotopic (exact) mass is 214 g/mol. The molecule has 2 nitrogen and oxygen atoms in total. The van der Waals surface area contributed by atoms with Gasteiger partial charge in [-0.1, -0.05) is 18.2 Å². The van der Waals surface area contributed by atoms with Crippen LogP contribution >= 0.6 is 0 Å². The van der Waals surface area contributed by atoms with E-state index in [2.05, 4.69) is 0 Å². The predicted octanol–water partition coefficient (Wildman–Crippen LogP) is 3.38. The number of aromatic hydroxyl groups is 1. The van der Waals surface area contributed by atoms with Crippen LogP contribution in [-0.2, 0) is 0 Å². The molecule has 0 aromatic heterocycles. The van der Waals surface area contributed by atoms with Crippen LogP contribution in [0.15, 0.2) is 42.5 Å². The maximum atomic E-state index is 9.24. The first kappa shape index (κ1) is 10.6. The fourth-order valence-electron chi connectivity index (χ4n) is 1.73. The molecule has 0 unspecified atom stereocenters. The predicted molar refractivity (Wildman–Crippen MR) is 64.8 cm³/mol. The van der Waals surface area contributed by atoms with Crippen molar-refractivity contribution in [3.05, 3.63) is 48.0 Å². The Balaban J connectivity index is 2.44. The van der Waals surface area contributed by atoms with E-state index in [-0.39, 0.29) is 5.75 Å². The van der Waals surface area contributed by atoms with Gasteiger partial charge < -0.3 is 9.84 Å². The summed E-state index contributed by atoms with van der Waals surface area (Å²) in [5, 5.41) is 9.24. The summed E-state index contributed by atoms with van der Waals surface area (Å²) in [4.78, 5) is 0. The summed E-state index contributed by atoms with van der Waals surface area (Å²) in [6, 6.07) is 13.2. The van der Waals surface area contributed by atoms with E-state index in [1.54, 1.807) is 19.2 Å². The first-order chi connectivity index (χ1) is 7.70. The molecule has 0 heterocycles. The van der Waals surface area contributed by atoms with Crippen molar-refractivity contribution in [1.82, 2.24) is 0 Å². The highest BCUT2D eigenvalue weighted by atomic mass is 16.5. The molecule has 0 bridgehead atoms. The summed E-state index contributed by atoms with van der Waals surface area (Å²) < 4.78 is 5.16. The van der Waals surface area contributed by atoms with Gasteiger partial charge in [-0.05, 0) is 47.9 Å². The second-order valence-corrected chi connectivity index (χ2v) is 3.73. The largest absolute Gasteiger partial charge is 0.508 e. The van der Waals surface area contributed by atoms with Crippen LogP contribution in [0.5, 0.6) is 11.5 Å². The molecule has 0 amide bonds. The summed E-state index contributed by atoms with van der Waals surface area (Å²) >= 11 is 0. The molecule has 0 saturated carbocycles. The highest BCUT2D eigenvalue weighted by Gasteiger charge is 2.03. The molecular formula is C14H14O2. The third kappa shape index (κ3) is 2.01. The molecule has 2 aromatic carbocycles. The summed E-state index contributed by atoms with van der Waals surface area (Å²) in [6.45, 7) is 2.05. The Labute approximate surface area is 95.1 Å². The third-order valence-corrected chi connectivity index (χ3v) is 2.61. The Morgan fingerprint density at radius 1 is 1.00 bits per heavy atom. The summed E-state index contributed by atoms with van der Waals surface area (Å²) in [5.74, 6) is 1.15. The Morgan fingerprint density at radius 2 is 1.69 bits per heavy atom. The van der Waals surface area contributed by atoms with E-state index in [0.29, 0.717) is 0 Å². The SMILES string of the molecule is COc1ccc(-c2ccc(O)cc2)c(C)c1. The number of rotatable bonds is 2. The molecule has 0 spiro atoms. The van der Waals surface area contributed by atoms with E-state index in [1.165, 1.54) is 0 Å². The number of benzene rings is 2. The van der Waals surface area contributed by atoms with Gasteiger partial charge in [0, 0.05) is 0 Å². The number of phenolic OH excluding ortho intramolecular Hbond substituents is 1. The maximum absolute atomic E-state index is 9.24. The first-order valence-electron chi connectivity index (χ1n) is 5.15. The van der Waals surface area contributed by atoms with Gasteiger partial charge in [-0.2, -0.15) is 0 Å². The Kier molecular flexibility index (Phi) is 2.82. The minimum Gasteiger partial charge on any atom is -0.508 e. The van der Waals surface area contributed by atoms with E-state index in [9.17, 15) is 5.11 Å². The van der Waals surface area contributed by atoms with E-state index in [4.69, 9.17) is 4.74 Å². The van der Waals surface area contributed by atoms with Gasteiger partial charge in [-0.15, -0.1) is 0 Å². The van der Waals surface area contributed by atoms with Crippen LogP contribution in [0.1, 0.15) is 5.56 Å². The molecule has 82 valence electrons. The van der Waals surface area contributed by atoms with E-state index in [0.717, 1.165) is 22.4 Å². The molecule has 2 aromatic rings. The summed E-state index contributed by atoms with van der Waals surface area (Å²) in [6.07, 6.45) is 0. The molecule has 0 aliphatic carbocycles. The van der Waals surface area contributed by atoms with Crippen LogP contribution < -0.4 is 4.74 Å². The zero-order valence-corrected chi connectivity index (χ0v) is 9.40. The van der Waals surface area contributed by atoms with Gasteiger partial charge in [0.2, 0.25) is 0 Å². The van der Waals surface area contributed by atoms with Gasteiger partial charge in [0.15, 0.2) is 0 Å². The molecule has 0 aliphatic heterocycles. The fourth-order valence-corrected chi connectivity index (χ4v) is 1.73. The van der Waals surface area contributed by atoms with Crippen molar-refractivity contribution in [2.75, 3.05) is 7.11 Å². The lowest BCUT2D eigenvalue weighted by Crippen LogP contribution is -1.87. The molecular weight excluding hydrogens is 200 g/mol. The topological polar surface area (TPSA) is 29.5 Å². The molecule has 2 heteroatoms. The van der Waals surface area contributed by atoms with E-state index in [1.807, 2.05) is 37.3 Å². The smallest absolute Gasteiger partial charge is 0.119 e. The van der Waals surface area contributed by atoms with Gasteiger partial charge >= 0.3 is 0 Å². The minimum absolute atomic E-state index is 0.287. The average Bonchev–Trinajstić information content (AvgIpc) is 2.30. The van der Waals surface area contributed by atoms with Crippen molar-refractivity contribution in [3.8, 4) is 22.6 Å². The fraction of sp³-hybridized carbons (Fsp3) is 0.143. The third-order valence-electron chi connectivity index (χ3n) is 2.61. The number of aryl methyl sites for hydroxylation is 1. The molecule has 0 saturated heterocycles. The Morgan fingerprint density at radius 3 is 2.25 bits per heavy atom. The zero-order valence-electron chi connectivity index (χ0n) is 9.40. The summed E-state index contributed by atoms with van der Waals surface area (Å²) in [7, 11) is 1.66. The Hall–Kier alpha value is -1.96. The highest BCUT2D eigenvalue weighted by Crippen LogP contribution is 2.27. The molecule has 16 heavy (non-hydrogen) atoms. The van der Waals surface area contributed by atoms with Crippen molar-refractivity contribution in [1.29, 1.82) is 0 Å². The van der Waals surface area contributed by atoms with Crippen LogP contribution in [0, 0.1) is 6.92 Å². The Bertz CT molecular complexity index is 487. The standard InChI is InChI=1S/C14H14O2/c1-10-9-13(16-2)7-8-14(10)11-3-5-12(15)6-4-11/h3-9,15H,1-2H3. The molecule has 0 aliphatic rings. The quantitative estimate of drug-likeness (QED) is 0.830. The number of ether oxygens (including phenoxy) is 1. The van der Waals surface area contributed by atoms with Gasteiger partial charge in [0.05, 0.1) is 7.11 Å². The van der Waals surface area contributed by atoms with Crippen molar-refractivity contribution in [2.24, 2.45) is 0 Å². The number of hydrogen-bond donors (Lipinski definition) is 1. The molecule has 0 radical (unpaired) electrons. The minimum atomic E-state index is 0.287. The van der Waals surface area contributed by atoms with E-state index >= 15 is 0 Å². The highest BCUT2D eigenvalue weighted by molar-refractivity contribution is 5.68. The van der Waals surface area contributed by atoms with E-state index < -0.39 is 0 Å². The lowest BCUT2D eigenvalue weighted by atomic mass is 10.0. The normalized spacial score (nSPS) is 10.1. The van der Waals surface area contributed by atoms with Crippen LogP contribution in [0.25, 0.3) is 11.1 Å². The summed E-state index contributed by atoms with van der Waals surface area (Å²) in [5.41, 5.74) is 3.41. The van der Waals surface area contributed by atoms with Crippen LogP contribution in [0.4, 0.5) is 0 Å². The number of phenols is 1. The van der Waals surface area contributed by atoms with Crippen molar-refractivity contribution >= 4 is 0 Å². The van der Waals surface area contributed by atoms with Crippen LogP contribution in [-0.4, -0.2) is 12.2 Å². The van der Waals surface area contributed by atoms with Crippen molar-refractivity contribution in [3.63, 3.8) is 0 Å². The first-order valence-corrected chi connectivity index (χ1v) is 5.15. The lowest BCUT2D eigenvalue weighted by Gasteiger charge is -2.08. The number of hydrogen-bond acceptors (Lipinski definition) is 2. The molecule has 2 rings (SSSR count). The van der Waals surface area contributed by atoms with Crippen molar-refractivity contribution < 1.29 is 9.84 Å². The van der Waals surface area contributed by atoms with Gasteiger partial charge in [0.1, 0.15) is 11.5 Å². The lowest BCUT2D eigenvalue weighted by molar-refractivity contribution is 0.414. The molecule has 1 N–H and O–H groups in total. The average molecular weight is 214 g/mol. The second kappa shape index (κ2) is 4.27. The van der Waals surface area contributed by atoms with Crippen LogP contribution in [0.2, 0.25) is 0 Å². The van der Waals surface area contributed by atoms with Gasteiger partial charge in [-0.3, -0.25) is 0 Å². The zero-order chi connectivity index (χ0) is 11.5. The second-order valence-electron chi connectivity index (χ2n) is 3.73. The van der Waals surface area contributed by atoms with Gasteiger partial charge in [-0.25, -0.2) is 0 Å². The molecule has 0 fully saturated rings.